The van der Waals surface area contributed by atoms with Crippen molar-refractivity contribution in [2.45, 2.75) is 6.54 Å². The van der Waals surface area contributed by atoms with Crippen molar-refractivity contribution in [2.75, 3.05) is 19.5 Å². The lowest BCUT2D eigenvalue weighted by molar-refractivity contribution is 0.386. The minimum atomic E-state index is -0.461. The molecule has 0 aliphatic heterocycles. The first kappa shape index (κ1) is 12.3. The maximum atomic E-state index is 13.4. The van der Waals surface area contributed by atoms with E-state index in [4.69, 9.17) is 9.15 Å². The van der Waals surface area contributed by atoms with Gasteiger partial charge < -0.3 is 19.8 Å². The van der Waals surface area contributed by atoms with Gasteiger partial charge in [-0.05, 0) is 19.2 Å². The fraction of sp³-hybridized carbons (Fsp3) is 0.273. The topological polar surface area (TPSA) is 72.2 Å². The standard InChI is InChI=1S/C11H13FN4O2/c1-13-6-10-15-16-11(18-10)14-7-3-4-9(17-2)8(12)5-7/h3-5,13H,6H2,1-2H3,(H,14,16). The molecule has 0 radical (unpaired) electrons. The average Bonchev–Trinajstić information content (AvgIpc) is 2.77. The highest BCUT2D eigenvalue weighted by atomic mass is 19.1. The molecule has 0 saturated carbocycles. The second-order valence-electron chi connectivity index (χ2n) is 3.51. The van der Waals surface area contributed by atoms with Gasteiger partial charge in [0, 0.05) is 11.8 Å². The Kier molecular flexibility index (Phi) is 3.73. The fourth-order valence-corrected chi connectivity index (χ4v) is 1.39. The Morgan fingerprint density at radius 2 is 2.22 bits per heavy atom. The lowest BCUT2D eigenvalue weighted by atomic mass is 10.3. The molecule has 0 atom stereocenters. The van der Waals surface area contributed by atoms with Gasteiger partial charge in [0.25, 0.3) is 0 Å². The molecule has 6 nitrogen and oxygen atoms in total. The lowest BCUT2D eigenvalue weighted by Crippen LogP contribution is -2.04. The van der Waals surface area contributed by atoms with E-state index in [2.05, 4.69) is 20.8 Å². The molecule has 1 aromatic heterocycles. The van der Waals surface area contributed by atoms with Gasteiger partial charge >= 0.3 is 6.01 Å². The summed E-state index contributed by atoms with van der Waals surface area (Å²) in [6.07, 6.45) is 0. The van der Waals surface area contributed by atoms with E-state index in [-0.39, 0.29) is 11.8 Å². The van der Waals surface area contributed by atoms with E-state index in [1.807, 2.05) is 0 Å². The van der Waals surface area contributed by atoms with Crippen molar-refractivity contribution in [3.63, 3.8) is 0 Å². The summed E-state index contributed by atoms with van der Waals surface area (Å²) in [6, 6.07) is 4.68. The van der Waals surface area contributed by atoms with Crippen molar-refractivity contribution in [1.82, 2.24) is 15.5 Å². The summed E-state index contributed by atoms with van der Waals surface area (Å²) in [5, 5.41) is 13.3. The van der Waals surface area contributed by atoms with Crippen LogP contribution in [0.4, 0.5) is 16.1 Å². The Morgan fingerprint density at radius 3 is 2.89 bits per heavy atom. The van der Waals surface area contributed by atoms with Crippen LogP contribution in [0.3, 0.4) is 0 Å². The van der Waals surface area contributed by atoms with Crippen LogP contribution in [0.25, 0.3) is 0 Å². The third-order valence-electron chi connectivity index (χ3n) is 2.20. The highest BCUT2D eigenvalue weighted by Gasteiger charge is 2.07. The molecule has 0 aliphatic rings. The third kappa shape index (κ3) is 2.75. The fourth-order valence-electron chi connectivity index (χ4n) is 1.39. The van der Waals surface area contributed by atoms with Crippen LogP contribution in [0.2, 0.25) is 0 Å². The normalized spacial score (nSPS) is 10.4. The summed E-state index contributed by atoms with van der Waals surface area (Å²) >= 11 is 0. The Balaban J connectivity index is 2.10. The van der Waals surface area contributed by atoms with Gasteiger partial charge in [0.1, 0.15) is 0 Å². The van der Waals surface area contributed by atoms with Gasteiger partial charge in [-0.2, -0.15) is 0 Å². The second-order valence-corrected chi connectivity index (χ2v) is 3.51. The highest BCUT2D eigenvalue weighted by Crippen LogP contribution is 2.22. The summed E-state index contributed by atoms with van der Waals surface area (Å²) in [6.45, 7) is 0.478. The van der Waals surface area contributed by atoms with Crippen LogP contribution in [0.5, 0.6) is 5.75 Å². The molecule has 0 aliphatic carbocycles. The molecule has 0 amide bonds. The molecule has 0 spiro atoms. The van der Waals surface area contributed by atoms with Gasteiger partial charge in [0.05, 0.1) is 13.7 Å². The van der Waals surface area contributed by atoms with Gasteiger partial charge in [-0.1, -0.05) is 5.10 Å². The van der Waals surface area contributed by atoms with Crippen molar-refractivity contribution in [1.29, 1.82) is 0 Å². The zero-order valence-electron chi connectivity index (χ0n) is 10.0. The summed E-state index contributed by atoms with van der Waals surface area (Å²) < 4.78 is 23.5. The van der Waals surface area contributed by atoms with E-state index in [1.54, 1.807) is 13.1 Å². The van der Waals surface area contributed by atoms with Crippen molar-refractivity contribution < 1.29 is 13.5 Å². The number of ether oxygens (including phenoxy) is 1. The lowest BCUT2D eigenvalue weighted by Gasteiger charge is -2.04. The van der Waals surface area contributed by atoms with Crippen molar-refractivity contribution in [3.8, 4) is 5.75 Å². The molecule has 0 fully saturated rings. The molecule has 1 aromatic carbocycles. The zero-order chi connectivity index (χ0) is 13.0. The number of halogens is 1. The summed E-state index contributed by atoms with van der Waals surface area (Å²) in [7, 11) is 3.18. The molecule has 7 heteroatoms. The van der Waals surface area contributed by atoms with Crippen LogP contribution in [0.15, 0.2) is 22.6 Å². The second kappa shape index (κ2) is 5.46. The number of anilines is 2. The first-order chi connectivity index (χ1) is 8.72. The summed E-state index contributed by atoms with van der Waals surface area (Å²) in [5.41, 5.74) is 0.507. The minimum Gasteiger partial charge on any atom is -0.494 e. The SMILES string of the molecule is CNCc1nnc(Nc2ccc(OC)c(F)c2)o1. The molecule has 2 rings (SSSR count). The molecule has 2 aromatic rings. The third-order valence-corrected chi connectivity index (χ3v) is 2.20. The Morgan fingerprint density at radius 1 is 1.39 bits per heavy atom. The quantitative estimate of drug-likeness (QED) is 0.843. The van der Waals surface area contributed by atoms with E-state index in [0.717, 1.165) is 0 Å². The average molecular weight is 252 g/mol. The highest BCUT2D eigenvalue weighted by molar-refractivity contribution is 5.53. The van der Waals surface area contributed by atoms with Crippen LogP contribution in [0.1, 0.15) is 5.89 Å². The van der Waals surface area contributed by atoms with Crippen LogP contribution in [0, 0.1) is 5.82 Å². The molecule has 2 N–H and O–H groups in total. The molecule has 0 bridgehead atoms. The molecule has 96 valence electrons. The number of benzene rings is 1. The van der Waals surface area contributed by atoms with E-state index < -0.39 is 5.82 Å². The van der Waals surface area contributed by atoms with Gasteiger partial charge in [-0.15, -0.1) is 5.10 Å². The largest absolute Gasteiger partial charge is 0.494 e. The Labute approximate surface area is 103 Å². The van der Waals surface area contributed by atoms with E-state index in [9.17, 15) is 4.39 Å². The number of aromatic nitrogens is 2. The van der Waals surface area contributed by atoms with Gasteiger partial charge in [-0.3, -0.25) is 0 Å². The minimum absolute atomic E-state index is 0.182. The number of hydrogen-bond acceptors (Lipinski definition) is 6. The monoisotopic (exact) mass is 252 g/mol. The Bertz CT molecular complexity index is 530. The Hall–Kier alpha value is -2.15. The number of nitrogens with zero attached hydrogens (tertiary/aromatic N) is 2. The number of hydrogen-bond donors (Lipinski definition) is 2. The summed E-state index contributed by atoms with van der Waals surface area (Å²) in [5.74, 6) is 0.174. The van der Waals surface area contributed by atoms with Crippen molar-refractivity contribution >= 4 is 11.7 Å². The van der Waals surface area contributed by atoms with Crippen LogP contribution in [-0.2, 0) is 6.54 Å². The molecule has 1 heterocycles. The number of rotatable bonds is 5. The number of methoxy groups -OCH3 is 1. The van der Waals surface area contributed by atoms with E-state index >= 15 is 0 Å². The molecule has 0 unspecified atom stereocenters. The van der Waals surface area contributed by atoms with Gasteiger partial charge in [0.15, 0.2) is 11.6 Å². The molecular weight excluding hydrogens is 239 g/mol. The molecular formula is C11H13FN4O2. The van der Waals surface area contributed by atoms with Crippen LogP contribution < -0.4 is 15.4 Å². The maximum Gasteiger partial charge on any atom is 0.320 e. The van der Waals surface area contributed by atoms with Crippen molar-refractivity contribution in [2.24, 2.45) is 0 Å². The van der Waals surface area contributed by atoms with E-state index in [1.165, 1.54) is 19.2 Å². The van der Waals surface area contributed by atoms with Crippen LogP contribution in [-0.4, -0.2) is 24.4 Å². The van der Waals surface area contributed by atoms with Gasteiger partial charge in [0.2, 0.25) is 5.89 Å². The van der Waals surface area contributed by atoms with Crippen molar-refractivity contribution in [3.05, 3.63) is 29.9 Å². The predicted octanol–water partition coefficient (Wildman–Crippen LogP) is 1.68. The summed E-state index contributed by atoms with van der Waals surface area (Å²) in [4.78, 5) is 0. The maximum absolute atomic E-state index is 13.4. The predicted molar refractivity (Wildman–Crippen MR) is 63.3 cm³/mol. The zero-order valence-corrected chi connectivity index (χ0v) is 10.0. The number of nitrogens with one attached hydrogen (secondary N) is 2. The van der Waals surface area contributed by atoms with Crippen LogP contribution >= 0.6 is 0 Å². The van der Waals surface area contributed by atoms with Gasteiger partial charge in [-0.25, -0.2) is 4.39 Å². The first-order valence-corrected chi connectivity index (χ1v) is 5.30. The smallest absolute Gasteiger partial charge is 0.320 e. The van der Waals surface area contributed by atoms with E-state index in [0.29, 0.717) is 18.1 Å². The molecule has 0 saturated heterocycles. The molecule has 18 heavy (non-hydrogen) atoms. The first-order valence-electron chi connectivity index (χ1n) is 5.30.